The number of cyclic esters (lactones) is 1. The van der Waals surface area contributed by atoms with Crippen molar-refractivity contribution in [3.05, 3.63) is 63.7 Å². The van der Waals surface area contributed by atoms with Crippen molar-refractivity contribution in [1.29, 1.82) is 0 Å². The summed E-state index contributed by atoms with van der Waals surface area (Å²) in [6, 6.07) is 6.21. The van der Waals surface area contributed by atoms with Crippen LogP contribution < -0.4 is 8.92 Å². The molecule has 0 saturated heterocycles. The van der Waals surface area contributed by atoms with Gasteiger partial charge in [0.1, 0.15) is 22.8 Å². The quantitative estimate of drug-likeness (QED) is 0.353. The molecule has 1 N–H and O–H groups in total. The molecule has 1 aliphatic heterocycles. The van der Waals surface area contributed by atoms with Gasteiger partial charge in [0, 0.05) is 11.1 Å². The number of rotatable bonds is 7. The zero-order chi connectivity index (χ0) is 24.6. The number of carbonyl (C=O) groups is 2. The predicted molar refractivity (Wildman–Crippen MR) is 123 cm³/mol. The minimum absolute atomic E-state index is 0.00103. The Morgan fingerprint density at radius 2 is 1.91 bits per heavy atom. The number of fused-ring (bicyclic) bond motifs is 1. The Labute approximate surface area is 198 Å². The largest absolute Gasteiger partial charge is 0.496 e. The van der Waals surface area contributed by atoms with E-state index in [0.29, 0.717) is 41.7 Å². The van der Waals surface area contributed by atoms with Gasteiger partial charge in [-0.1, -0.05) is 29.3 Å². The van der Waals surface area contributed by atoms with E-state index in [1.165, 1.54) is 19.2 Å². The van der Waals surface area contributed by atoms with Crippen molar-refractivity contribution in [2.45, 2.75) is 51.0 Å². The fraction of sp³-hybridized carbons (Fsp3) is 0.360. The Hall–Kier alpha value is -3.33. The van der Waals surface area contributed by atoms with Crippen LogP contribution in [0, 0.1) is 19.8 Å². The highest BCUT2D eigenvalue weighted by molar-refractivity contribution is 7.87. The van der Waals surface area contributed by atoms with Crippen LogP contribution >= 0.6 is 0 Å². The van der Waals surface area contributed by atoms with Crippen LogP contribution in [0.25, 0.3) is 0 Å². The summed E-state index contributed by atoms with van der Waals surface area (Å²) >= 11 is 0. The van der Waals surface area contributed by atoms with Gasteiger partial charge in [-0.3, -0.25) is 4.79 Å². The van der Waals surface area contributed by atoms with Crippen LogP contribution in [-0.2, 0) is 32.7 Å². The molecule has 0 spiro atoms. The average molecular weight is 487 g/mol. The lowest BCUT2D eigenvalue weighted by Crippen LogP contribution is -2.15. The number of aliphatic carboxylic acids is 1. The van der Waals surface area contributed by atoms with E-state index in [4.69, 9.17) is 13.7 Å². The summed E-state index contributed by atoms with van der Waals surface area (Å²) in [5, 5.41) is 9.28. The Bertz CT molecular complexity index is 1290. The molecule has 1 saturated carbocycles. The van der Waals surface area contributed by atoms with Crippen molar-refractivity contribution in [3.8, 4) is 11.5 Å². The molecule has 0 radical (unpaired) electrons. The van der Waals surface area contributed by atoms with Gasteiger partial charge in [0.2, 0.25) is 0 Å². The molecule has 0 bridgehead atoms. The Kier molecular flexibility index (Phi) is 6.40. The molecule has 1 aliphatic carbocycles. The lowest BCUT2D eigenvalue weighted by molar-refractivity contribution is -0.141. The molecular weight excluding hydrogens is 460 g/mol. The standard InChI is InChI=1S/C25H26O8S/c1-14-4-9-18(10-5-14)34(29,30)33-23-19(11-7-16-6-8-17(12-16)24(26)27)22(31-3)15(2)20-13-32-25(28)21(20)23/h4-5,7,9-10,17H,6,8,11-13H2,1-3H3,(H,26,27). The number of esters is 1. The maximum Gasteiger partial charge on any atom is 0.342 e. The summed E-state index contributed by atoms with van der Waals surface area (Å²) in [7, 11) is -2.78. The van der Waals surface area contributed by atoms with Crippen molar-refractivity contribution in [1.82, 2.24) is 0 Å². The number of carboxylic acids is 1. The summed E-state index contributed by atoms with van der Waals surface area (Å²) in [5.41, 5.74) is 3.54. The molecule has 2 aromatic carbocycles. The van der Waals surface area contributed by atoms with Gasteiger partial charge >= 0.3 is 22.1 Å². The zero-order valence-corrected chi connectivity index (χ0v) is 20.0. The van der Waals surface area contributed by atoms with Crippen LogP contribution in [0.3, 0.4) is 0 Å². The van der Waals surface area contributed by atoms with Gasteiger partial charge in [0.15, 0.2) is 5.75 Å². The van der Waals surface area contributed by atoms with E-state index in [1.54, 1.807) is 19.1 Å². The molecule has 34 heavy (non-hydrogen) atoms. The molecule has 1 heterocycles. The summed E-state index contributed by atoms with van der Waals surface area (Å²) < 4.78 is 42.7. The number of allylic oxidation sites excluding steroid dienone is 2. The highest BCUT2D eigenvalue weighted by Gasteiger charge is 2.35. The first-order chi connectivity index (χ1) is 16.1. The number of methoxy groups -OCH3 is 1. The lowest BCUT2D eigenvalue weighted by Gasteiger charge is -2.19. The third-order valence-electron chi connectivity index (χ3n) is 6.40. The minimum Gasteiger partial charge on any atom is -0.496 e. The molecule has 8 nitrogen and oxygen atoms in total. The van der Waals surface area contributed by atoms with Crippen molar-refractivity contribution >= 4 is 22.1 Å². The van der Waals surface area contributed by atoms with Crippen LogP contribution in [0.1, 0.15) is 51.9 Å². The van der Waals surface area contributed by atoms with Crippen LogP contribution in [0.2, 0.25) is 0 Å². The Morgan fingerprint density at radius 3 is 2.53 bits per heavy atom. The molecule has 2 aliphatic rings. The minimum atomic E-state index is -4.25. The summed E-state index contributed by atoms with van der Waals surface area (Å²) in [5.74, 6) is -1.61. The molecule has 180 valence electrons. The van der Waals surface area contributed by atoms with E-state index in [9.17, 15) is 23.1 Å². The molecule has 1 fully saturated rings. The number of ether oxygens (including phenoxy) is 2. The second kappa shape index (κ2) is 9.13. The van der Waals surface area contributed by atoms with Crippen LogP contribution in [0.15, 0.2) is 40.8 Å². The smallest absolute Gasteiger partial charge is 0.342 e. The van der Waals surface area contributed by atoms with Gasteiger partial charge in [0.05, 0.1) is 13.0 Å². The Balaban J connectivity index is 1.81. The fourth-order valence-corrected chi connectivity index (χ4v) is 5.46. The lowest BCUT2D eigenvalue weighted by atomic mass is 9.94. The van der Waals surface area contributed by atoms with E-state index < -0.39 is 28.0 Å². The maximum absolute atomic E-state index is 13.1. The van der Waals surface area contributed by atoms with E-state index >= 15 is 0 Å². The third-order valence-corrected chi connectivity index (χ3v) is 7.63. The van der Waals surface area contributed by atoms with E-state index in [0.717, 1.165) is 11.1 Å². The van der Waals surface area contributed by atoms with Gasteiger partial charge in [-0.2, -0.15) is 8.42 Å². The van der Waals surface area contributed by atoms with Gasteiger partial charge in [-0.15, -0.1) is 0 Å². The second-order valence-corrected chi connectivity index (χ2v) is 10.1. The average Bonchev–Trinajstić information content (AvgIpc) is 3.42. The summed E-state index contributed by atoms with van der Waals surface area (Å²) in [6.07, 6.45) is 3.72. The number of hydrogen-bond donors (Lipinski definition) is 1. The first-order valence-electron chi connectivity index (χ1n) is 10.9. The van der Waals surface area contributed by atoms with Crippen molar-refractivity contribution in [3.63, 3.8) is 0 Å². The normalized spacial score (nSPS) is 18.6. The van der Waals surface area contributed by atoms with Gasteiger partial charge in [-0.05, 0) is 57.2 Å². The number of aryl methyl sites for hydroxylation is 1. The molecule has 2 aromatic rings. The zero-order valence-electron chi connectivity index (χ0n) is 19.2. The molecule has 9 heteroatoms. The van der Waals surface area contributed by atoms with Crippen molar-refractivity contribution < 1.29 is 36.8 Å². The SMILES string of the molecule is COc1c(C)c2c(c(OS(=O)(=O)c3ccc(C)cc3)c1CC=C1CCC(C(=O)O)C1)C(=O)OC2. The molecule has 4 rings (SSSR count). The molecule has 0 amide bonds. The fourth-order valence-electron chi connectivity index (χ4n) is 4.49. The first kappa shape index (κ1) is 23.8. The summed E-state index contributed by atoms with van der Waals surface area (Å²) in [6.45, 7) is 3.62. The van der Waals surface area contributed by atoms with Gasteiger partial charge in [0.25, 0.3) is 0 Å². The molecule has 1 atom stereocenters. The van der Waals surface area contributed by atoms with Crippen LogP contribution in [-0.4, -0.2) is 32.6 Å². The van der Waals surface area contributed by atoms with Crippen LogP contribution in [0.5, 0.6) is 11.5 Å². The van der Waals surface area contributed by atoms with Crippen LogP contribution in [0.4, 0.5) is 0 Å². The summed E-state index contributed by atoms with van der Waals surface area (Å²) in [4.78, 5) is 23.9. The topological polar surface area (TPSA) is 116 Å². The number of carbonyl (C=O) groups excluding carboxylic acids is 1. The Morgan fingerprint density at radius 1 is 1.21 bits per heavy atom. The molecular formula is C25H26O8S. The highest BCUT2D eigenvalue weighted by atomic mass is 32.2. The van der Waals surface area contributed by atoms with Gasteiger partial charge < -0.3 is 18.8 Å². The monoisotopic (exact) mass is 486 g/mol. The van der Waals surface area contributed by atoms with E-state index in [2.05, 4.69) is 0 Å². The molecule has 1 unspecified atom stereocenters. The van der Waals surface area contributed by atoms with Gasteiger partial charge in [-0.25, -0.2) is 4.79 Å². The van der Waals surface area contributed by atoms with E-state index in [1.807, 2.05) is 13.0 Å². The second-order valence-electron chi connectivity index (χ2n) is 8.59. The number of carboxylic acid groups (broad SMARTS) is 1. The molecule has 0 aromatic heterocycles. The maximum atomic E-state index is 13.1. The van der Waals surface area contributed by atoms with E-state index in [-0.39, 0.29) is 29.2 Å². The first-order valence-corrected chi connectivity index (χ1v) is 12.3. The highest BCUT2D eigenvalue weighted by Crippen LogP contribution is 2.44. The number of hydrogen-bond acceptors (Lipinski definition) is 7. The number of benzene rings is 2. The predicted octanol–water partition coefficient (Wildman–Crippen LogP) is 4.10. The van der Waals surface area contributed by atoms with Crippen molar-refractivity contribution in [2.75, 3.05) is 7.11 Å². The van der Waals surface area contributed by atoms with Crippen molar-refractivity contribution in [2.24, 2.45) is 5.92 Å². The third kappa shape index (κ3) is 4.40.